The number of benzene rings is 3. The number of non-ortho nitro benzene ring substituents is 1. The highest BCUT2D eigenvalue weighted by Gasteiger charge is 2.22. The topological polar surface area (TPSA) is 134 Å². The van der Waals surface area contributed by atoms with Gasteiger partial charge < -0.3 is 10.1 Å². The first-order chi connectivity index (χ1) is 15.5. The maximum absolute atomic E-state index is 12.7. The van der Waals surface area contributed by atoms with E-state index in [1.54, 1.807) is 24.3 Å². The quantitative estimate of drug-likeness (QED) is 0.142. The molecule has 3 aromatic rings. The van der Waals surface area contributed by atoms with E-state index in [1.165, 1.54) is 12.1 Å². The molecule has 0 amide bonds. The summed E-state index contributed by atoms with van der Waals surface area (Å²) in [5.41, 5.74) is 0.193. The van der Waals surface area contributed by atoms with E-state index in [-0.39, 0.29) is 37.1 Å². The van der Waals surface area contributed by atoms with E-state index in [1.807, 2.05) is 0 Å². The largest absolute Gasteiger partial charge is 0.453 e. The first-order valence-electron chi connectivity index (χ1n) is 8.71. The number of anilines is 1. The van der Waals surface area contributed by atoms with Crippen molar-refractivity contribution in [1.82, 2.24) is 4.72 Å². The molecule has 0 atom stereocenters. The third kappa shape index (κ3) is 6.18. The van der Waals surface area contributed by atoms with Gasteiger partial charge in [0.15, 0.2) is 5.75 Å². The number of hydrogen-bond donors (Lipinski definition) is 3. The van der Waals surface area contributed by atoms with E-state index in [9.17, 15) is 18.5 Å². The second-order valence-corrected chi connectivity index (χ2v) is 9.64. The van der Waals surface area contributed by atoms with Crippen LogP contribution in [0, 0.1) is 15.5 Å². The van der Waals surface area contributed by atoms with Crippen LogP contribution < -0.4 is 14.8 Å². The van der Waals surface area contributed by atoms with Crippen LogP contribution in [-0.4, -0.2) is 19.3 Å². The molecule has 0 fully saturated rings. The Morgan fingerprint density at radius 1 is 0.939 bits per heavy atom. The molecule has 0 aromatic heterocycles. The van der Waals surface area contributed by atoms with Crippen molar-refractivity contribution >= 4 is 73.8 Å². The molecule has 0 aliphatic rings. The van der Waals surface area contributed by atoms with Crippen molar-refractivity contribution in [3.05, 3.63) is 84.8 Å². The monoisotopic (exact) mass is 548 g/mol. The van der Waals surface area contributed by atoms with Crippen LogP contribution in [0.1, 0.15) is 0 Å². The van der Waals surface area contributed by atoms with Gasteiger partial charge >= 0.3 is 0 Å². The van der Waals surface area contributed by atoms with Crippen molar-refractivity contribution in [3.8, 4) is 11.5 Å². The Hall–Kier alpha value is -2.76. The van der Waals surface area contributed by atoms with Gasteiger partial charge in [0.05, 0.1) is 24.9 Å². The predicted octanol–water partition coefficient (Wildman–Crippen LogP) is 6.33. The molecule has 0 bridgehead atoms. The number of nitrogens with zero attached hydrogens (tertiary/aromatic N) is 1. The second-order valence-electron chi connectivity index (χ2n) is 6.30. The van der Waals surface area contributed by atoms with E-state index in [4.69, 9.17) is 56.5 Å². The maximum Gasteiger partial charge on any atom is 0.271 e. The van der Waals surface area contributed by atoms with E-state index in [0.29, 0.717) is 10.7 Å². The van der Waals surface area contributed by atoms with Gasteiger partial charge in [-0.05, 0) is 42.5 Å². The average molecular weight is 550 g/mol. The zero-order chi connectivity index (χ0) is 24.3. The number of guanidine groups is 1. The summed E-state index contributed by atoms with van der Waals surface area (Å²) in [6.45, 7) is 0. The van der Waals surface area contributed by atoms with E-state index in [2.05, 4.69) is 10.0 Å². The fraction of sp³-hybridized carbons (Fsp3) is 0. The highest BCUT2D eigenvalue weighted by Crippen LogP contribution is 2.41. The molecular formula is C19H12Cl4N4O5S. The van der Waals surface area contributed by atoms with Gasteiger partial charge in [0.2, 0.25) is 5.96 Å². The van der Waals surface area contributed by atoms with E-state index in [0.717, 1.165) is 18.2 Å². The minimum absolute atomic E-state index is 0.0220. The van der Waals surface area contributed by atoms with Crippen LogP contribution in [0.4, 0.5) is 11.4 Å². The SMILES string of the molecule is N=C(Nc1ccc(Cl)cc1)NS(=O)(=O)c1cc(Cl)c(Oc2ccc([N+](=O)[O-])cc2Cl)c(Cl)c1. The van der Waals surface area contributed by atoms with Gasteiger partial charge in [-0.1, -0.05) is 46.4 Å². The fourth-order valence-electron chi connectivity index (χ4n) is 2.48. The summed E-state index contributed by atoms with van der Waals surface area (Å²) in [5.74, 6) is -0.612. The normalized spacial score (nSPS) is 11.0. The molecule has 0 unspecified atom stereocenters. The molecule has 3 N–H and O–H groups in total. The summed E-state index contributed by atoms with van der Waals surface area (Å²) < 4.78 is 32.9. The number of rotatable bonds is 6. The standard InChI is InChI=1S/C19H12Cl4N4O5S/c20-10-1-3-11(4-2-10)25-19(24)26-33(30,31)13-8-15(22)18(16(23)9-13)32-17-6-5-12(27(28)29)7-14(17)21/h1-9H,(H3,24,25,26). The number of nitro groups is 1. The van der Waals surface area contributed by atoms with Crippen LogP contribution in [-0.2, 0) is 10.0 Å². The molecule has 0 saturated heterocycles. The second kappa shape index (κ2) is 10.0. The van der Waals surface area contributed by atoms with Crippen LogP contribution in [0.15, 0.2) is 59.5 Å². The summed E-state index contributed by atoms with van der Waals surface area (Å²) in [6.07, 6.45) is 0. The minimum atomic E-state index is -4.23. The third-order valence-corrected chi connectivity index (χ3v) is 6.41. The van der Waals surface area contributed by atoms with Crippen LogP contribution in [0.5, 0.6) is 11.5 Å². The average Bonchev–Trinajstić information content (AvgIpc) is 2.72. The van der Waals surface area contributed by atoms with Crippen LogP contribution in [0.25, 0.3) is 0 Å². The Kier molecular flexibility index (Phi) is 7.55. The van der Waals surface area contributed by atoms with Crippen LogP contribution in [0.2, 0.25) is 20.1 Å². The predicted molar refractivity (Wildman–Crippen MR) is 128 cm³/mol. The lowest BCUT2D eigenvalue weighted by atomic mass is 10.3. The van der Waals surface area contributed by atoms with Crippen molar-refractivity contribution in [2.45, 2.75) is 4.90 Å². The van der Waals surface area contributed by atoms with Crippen molar-refractivity contribution in [3.63, 3.8) is 0 Å². The van der Waals surface area contributed by atoms with Crippen molar-refractivity contribution in [1.29, 1.82) is 5.41 Å². The molecule has 0 heterocycles. The molecule has 9 nitrogen and oxygen atoms in total. The molecule has 0 saturated carbocycles. The highest BCUT2D eigenvalue weighted by atomic mass is 35.5. The third-order valence-electron chi connectivity index (χ3n) is 3.97. The maximum atomic E-state index is 12.7. The van der Waals surface area contributed by atoms with Gasteiger partial charge in [-0.25, -0.2) is 13.1 Å². The Morgan fingerprint density at radius 2 is 1.55 bits per heavy atom. The smallest absolute Gasteiger partial charge is 0.271 e. The lowest BCUT2D eigenvalue weighted by molar-refractivity contribution is -0.384. The van der Waals surface area contributed by atoms with Crippen molar-refractivity contribution in [2.75, 3.05) is 5.32 Å². The van der Waals surface area contributed by atoms with Crippen LogP contribution >= 0.6 is 46.4 Å². The fourth-order valence-corrected chi connectivity index (χ4v) is 4.50. The Balaban J connectivity index is 1.80. The summed E-state index contributed by atoms with van der Waals surface area (Å²) >= 11 is 24.1. The summed E-state index contributed by atoms with van der Waals surface area (Å²) in [6, 6.07) is 11.9. The zero-order valence-electron chi connectivity index (χ0n) is 16.1. The van der Waals surface area contributed by atoms with Gasteiger partial charge in [-0.15, -0.1) is 0 Å². The molecule has 14 heteroatoms. The number of ether oxygens (including phenoxy) is 1. The molecular weight excluding hydrogens is 538 g/mol. The lowest BCUT2D eigenvalue weighted by Crippen LogP contribution is -2.35. The first kappa shape index (κ1) is 24.9. The zero-order valence-corrected chi connectivity index (χ0v) is 19.9. The van der Waals surface area contributed by atoms with Gasteiger partial charge in [-0.3, -0.25) is 15.5 Å². The van der Waals surface area contributed by atoms with E-state index < -0.39 is 20.9 Å². The number of nitro benzene ring substituents is 1. The number of hydrogen-bond acceptors (Lipinski definition) is 6. The van der Waals surface area contributed by atoms with E-state index >= 15 is 0 Å². The molecule has 0 aliphatic heterocycles. The Labute approximate surface area is 207 Å². The Bertz CT molecular complexity index is 1330. The highest BCUT2D eigenvalue weighted by molar-refractivity contribution is 7.90. The van der Waals surface area contributed by atoms with Gasteiger partial charge in [-0.2, -0.15) is 0 Å². The number of sulfonamides is 1. The molecule has 33 heavy (non-hydrogen) atoms. The molecule has 172 valence electrons. The number of halogens is 4. The molecule has 3 aromatic carbocycles. The minimum Gasteiger partial charge on any atom is -0.453 e. The lowest BCUT2D eigenvalue weighted by Gasteiger charge is -2.14. The summed E-state index contributed by atoms with van der Waals surface area (Å²) in [5, 5.41) is 21.3. The number of nitrogens with one attached hydrogen (secondary N) is 3. The Morgan fingerprint density at radius 3 is 2.09 bits per heavy atom. The van der Waals surface area contributed by atoms with Crippen molar-refractivity contribution in [2.24, 2.45) is 0 Å². The van der Waals surface area contributed by atoms with Crippen LogP contribution in [0.3, 0.4) is 0 Å². The molecule has 0 aliphatic carbocycles. The van der Waals surface area contributed by atoms with Crippen molar-refractivity contribution < 1.29 is 18.1 Å². The molecule has 3 rings (SSSR count). The molecule has 0 radical (unpaired) electrons. The van der Waals surface area contributed by atoms with Gasteiger partial charge in [0.1, 0.15) is 5.75 Å². The van der Waals surface area contributed by atoms with Gasteiger partial charge in [0.25, 0.3) is 15.7 Å². The summed E-state index contributed by atoms with van der Waals surface area (Å²) in [7, 11) is -4.23. The summed E-state index contributed by atoms with van der Waals surface area (Å²) in [4.78, 5) is 9.88. The first-order valence-corrected chi connectivity index (χ1v) is 11.7. The van der Waals surface area contributed by atoms with Gasteiger partial charge in [0, 0.05) is 22.8 Å². The molecule has 0 spiro atoms.